The van der Waals surface area contributed by atoms with E-state index in [-0.39, 0.29) is 12.1 Å². The second-order valence-electron chi connectivity index (χ2n) is 4.40. The molecule has 4 nitrogen and oxygen atoms in total. The topological polar surface area (TPSA) is 53.7 Å². The van der Waals surface area contributed by atoms with E-state index in [1.54, 1.807) is 0 Å². The van der Waals surface area contributed by atoms with E-state index >= 15 is 0 Å². The number of hydrogen-bond donors (Lipinski definition) is 1. The first-order valence-corrected chi connectivity index (χ1v) is 6.49. The van der Waals surface area contributed by atoms with Crippen molar-refractivity contribution < 1.29 is 14.2 Å². The molecule has 1 heterocycles. The van der Waals surface area contributed by atoms with Gasteiger partial charge < -0.3 is 19.9 Å². The fourth-order valence-electron chi connectivity index (χ4n) is 2.02. The highest BCUT2D eigenvalue weighted by Crippen LogP contribution is 2.31. The van der Waals surface area contributed by atoms with Crippen LogP contribution in [-0.4, -0.2) is 32.5 Å². The van der Waals surface area contributed by atoms with Gasteiger partial charge in [-0.05, 0) is 12.5 Å². The molecular formula is C14H21NO3. The standard InChI is InChI=1S/C14H21NO3/c1-2-7-16-8-9-17-13-10-18-12-6-4-3-5-11(12)14(13)15/h3-6,13-14H,2,7-10,15H2,1H3. The molecule has 100 valence electrons. The number of hydrogen-bond acceptors (Lipinski definition) is 4. The molecule has 18 heavy (non-hydrogen) atoms. The van der Waals surface area contributed by atoms with Crippen molar-refractivity contribution in [2.45, 2.75) is 25.5 Å². The molecule has 1 aliphatic rings. The Kier molecular flexibility index (Phi) is 4.99. The second-order valence-corrected chi connectivity index (χ2v) is 4.40. The van der Waals surface area contributed by atoms with Crippen molar-refractivity contribution in [3.8, 4) is 5.75 Å². The van der Waals surface area contributed by atoms with Gasteiger partial charge in [-0.2, -0.15) is 0 Å². The minimum Gasteiger partial charge on any atom is -0.490 e. The van der Waals surface area contributed by atoms with Crippen molar-refractivity contribution in [3.63, 3.8) is 0 Å². The van der Waals surface area contributed by atoms with Gasteiger partial charge in [-0.25, -0.2) is 0 Å². The summed E-state index contributed by atoms with van der Waals surface area (Å²) in [6.07, 6.45) is 0.935. The van der Waals surface area contributed by atoms with Crippen LogP contribution in [0.4, 0.5) is 0 Å². The molecule has 0 aromatic heterocycles. The minimum absolute atomic E-state index is 0.0925. The molecule has 0 saturated heterocycles. The molecular weight excluding hydrogens is 230 g/mol. The number of nitrogens with two attached hydrogens (primary N) is 1. The molecule has 0 amide bonds. The number of benzene rings is 1. The smallest absolute Gasteiger partial charge is 0.124 e. The lowest BCUT2D eigenvalue weighted by molar-refractivity contribution is -0.0332. The van der Waals surface area contributed by atoms with Crippen LogP contribution < -0.4 is 10.5 Å². The largest absolute Gasteiger partial charge is 0.490 e. The fraction of sp³-hybridized carbons (Fsp3) is 0.571. The van der Waals surface area contributed by atoms with Gasteiger partial charge in [0, 0.05) is 12.2 Å². The van der Waals surface area contributed by atoms with E-state index in [2.05, 4.69) is 6.92 Å². The van der Waals surface area contributed by atoms with Crippen molar-refractivity contribution in [1.82, 2.24) is 0 Å². The van der Waals surface area contributed by atoms with Gasteiger partial charge in [0.25, 0.3) is 0 Å². The van der Waals surface area contributed by atoms with Crippen LogP contribution in [0.5, 0.6) is 5.75 Å². The van der Waals surface area contributed by atoms with Crippen molar-refractivity contribution >= 4 is 0 Å². The summed E-state index contributed by atoms with van der Waals surface area (Å²) >= 11 is 0. The van der Waals surface area contributed by atoms with Gasteiger partial charge in [0.1, 0.15) is 18.5 Å². The monoisotopic (exact) mass is 251 g/mol. The van der Waals surface area contributed by atoms with Gasteiger partial charge in [0.05, 0.1) is 19.3 Å². The van der Waals surface area contributed by atoms with E-state index in [9.17, 15) is 0 Å². The first-order valence-electron chi connectivity index (χ1n) is 6.49. The predicted molar refractivity (Wildman–Crippen MR) is 69.7 cm³/mol. The first-order chi connectivity index (χ1) is 8.83. The molecule has 2 unspecified atom stereocenters. The van der Waals surface area contributed by atoms with Crippen LogP contribution in [0.15, 0.2) is 24.3 Å². The Labute approximate surface area is 108 Å². The van der Waals surface area contributed by atoms with E-state index in [0.29, 0.717) is 19.8 Å². The van der Waals surface area contributed by atoms with E-state index in [1.807, 2.05) is 24.3 Å². The summed E-state index contributed by atoms with van der Waals surface area (Å²) in [5.74, 6) is 0.868. The van der Waals surface area contributed by atoms with Crippen LogP contribution in [0.1, 0.15) is 24.9 Å². The lowest BCUT2D eigenvalue weighted by Crippen LogP contribution is -2.38. The quantitative estimate of drug-likeness (QED) is 0.784. The lowest BCUT2D eigenvalue weighted by Gasteiger charge is -2.31. The highest BCUT2D eigenvalue weighted by atomic mass is 16.6. The number of rotatable bonds is 6. The zero-order valence-corrected chi connectivity index (χ0v) is 10.8. The van der Waals surface area contributed by atoms with Crippen molar-refractivity contribution in [3.05, 3.63) is 29.8 Å². The maximum Gasteiger partial charge on any atom is 0.124 e. The maximum atomic E-state index is 6.19. The summed E-state index contributed by atoms with van der Waals surface area (Å²) in [5.41, 5.74) is 7.20. The summed E-state index contributed by atoms with van der Waals surface area (Å²) in [6.45, 7) is 4.54. The third kappa shape index (κ3) is 3.22. The van der Waals surface area contributed by atoms with Crippen LogP contribution in [0.3, 0.4) is 0 Å². The van der Waals surface area contributed by atoms with E-state index in [1.165, 1.54) is 0 Å². The van der Waals surface area contributed by atoms with Crippen LogP contribution in [0.25, 0.3) is 0 Å². The molecule has 1 aromatic carbocycles. The third-order valence-corrected chi connectivity index (χ3v) is 2.99. The Hall–Kier alpha value is -1.10. The molecule has 4 heteroatoms. The fourth-order valence-corrected chi connectivity index (χ4v) is 2.02. The summed E-state index contributed by atoms with van der Waals surface area (Å²) < 4.78 is 16.7. The average Bonchev–Trinajstić information content (AvgIpc) is 2.41. The highest BCUT2D eigenvalue weighted by Gasteiger charge is 2.28. The average molecular weight is 251 g/mol. The second kappa shape index (κ2) is 6.73. The van der Waals surface area contributed by atoms with E-state index in [4.69, 9.17) is 19.9 Å². The summed E-state index contributed by atoms with van der Waals surface area (Å²) in [6, 6.07) is 7.72. The Morgan fingerprint density at radius 2 is 2.11 bits per heavy atom. The molecule has 1 aromatic rings. The normalized spacial score (nSPS) is 22.3. The zero-order chi connectivity index (χ0) is 12.8. The molecule has 0 bridgehead atoms. The van der Waals surface area contributed by atoms with Gasteiger partial charge in [-0.15, -0.1) is 0 Å². The van der Waals surface area contributed by atoms with Gasteiger partial charge in [-0.1, -0.05) is 25.1 Å². The van der Waals surface area contributed by atoms with Crippen molar-refractivity contribution in [1.29, 1.82) is 0 Å². The first kappa shape index (κ1) is 13.3. The summed E-state index contributed by atoms with van der Waals surface area (Å²) in [7, 11) is 0. The summed E-state index contributed by atoms with van der Waals surface area (Å²) in [4.78, 5) is 0. The van der Waals surface area contributed by atoms with E-state index in [0.717, 1.165) is 24.3 Å². The molecule has 0 radical (unpaired) electrons. The van der Waals surface area contributed by atoms with Crippen LogP contribution in [0, 0.1) is 0 Å². The van der Waals surface area contributed by atoms with Crippen LogP contribution in [0.2, 0.25) is 0 Å². The van der Waals surface area contributed by atoms with Gasteiger partial charge in [0.2, 0.25) is 0 Å². The van der Waals surface area contributed by atoms with Gasteiger partial charge in [-0.3, -0.25) is 0 Å². The predicted octanol–water partition coefficient (Wildman–Crippen LogP) is 1.89. The van der Waals surface area contributed by atoms with Crippen LogP contribution >= 0.6 is 0 Å². The number of para-hydroxylation sites is 1. The molecule has 0 saturated carbocycles. The Morgan fingerprint density at radius 1 is 1.28 bits per heavy atom. The molecule has 0 fully saturated rings. The van der Waals surface area contributed by atoms with Crippen molar-refractivity contribution in [2.75, 3.05) is 26.4 Å². The lowest BCUT2D eigenvalue weighted by atomic mass is 9.99. The summed E-state index contributed by atoms with van der Waals surface area (Å²) in [5, 5.41) is 0. The molecule has 0 spiro atoms. The Balaban J connectivity index is 1.82. The Morgan fingerprint density at radius 3 is 2.94 bits per heavy atom. The SMILES string of the molecule is CCCOCCOC1COc2ccccc2C1N. The molecule has 0 aliphatic carbocycles. The molecule has 2 N–H and O–H groups in total. The number of fused-ring (bicyclic) bond motifs is 1. The maximum absolute atomic E-state index is 6.19. The third-order valence-electron chi connectivity index (χ3n) is 2.99. The zero-order valence-electron chi connectivity index (χ0n) is 10.8. The number of ether oxygens (including phenoxy) is 3. The van der Waals surface area contributed by atoms with E-state index < -0.39 is 0 Å². The van der Waals surface area contributed by atoms with Gasteiger partial charge in [0.15, 0.2) is 0 Å². The molecule has 2 atom stereocenters. The minimum atomic E-state index is -0.124. The highest BCUT2D eigenvalue weighted by molar-refractivity contribution is 5.38. The molecule has 1 aliphatic heterocycles. The Bertz CT molecular complexity index is 370. The van der Waals surface area contributed by atoms with Gasteiger partial charge >= 0.3 is 0 Å². The molecule has 2 rings (SSSR count). The van der Waals surface area contributed by atoms with Crippen LogP contribution in [-0.2, 0) is 9.47 Å². The van der Waals surface area contributed by atoms with Crippen molar-refractivity contribution in [2.24, 2.45) is 5.73 Å².